The van der Waals surface area contributed by atoms with Crippen LogP contribution in [0, 0.1) is 0 Å². The number of carbonyl (C=O) groups excluding carboxylic acids is 1. The van der Waals surface area contributed by atoms with Crippen molar-refractivity contribution >= 4 is 28.7 Å². The molecule has 0 unspecified atom stereocenters. The molecule has 2 aromatic heterocycles. The number of H-pyrrole nitrogens is 1. The maximum Gasteiger partial charge on any atom is 0.273 e. The lowest BCUT2D eigenvalue weighted by molar-refractivity contribution is 0.102. The van der Waals surface area contributed by atoms with Crippen LogP contribution in [-0.2, 0) is 0 Å². The van der Waals surface area contributed by atoms with E-state index in [0.29, 0.717) is 40.1 Å². The summed E-state index contributed by atoms with van der Waals surface area (Å²) in [5, 5.41) is 9.04. The molecule has 5 aromatic rings. The molecule has 204 valence electrons. The maximum atomic E-state index is 13.9. The van der Waals surface area contributed by atoms with Crippen LogP contribution in [0.2, 0.25) is 0 Å². The zero-order valence-corrected chi connectivity index (χ0v) is 22.3. The van der Waals surface area contributed by atoms with E-state index in [4.69, 9.17) is 23.9 Å². The number of benzene rings is 3. The first-order chi connectivity index (χ1) is 19.4. The highest BCUT2D eigenvalue weighted by Crippen LogP contribution is 2.34. The van der Waals surface area contributed by atoms with Crippen LogP contribution in [0.3, 0.4) is 0 Å². The Kier molecular flexibility index (Phi) is 7.27. The quantitative estimate of drug-likeness (QED) is 0.245. The summed E-state index contributed by atoms with van der Waals surface area (Å²) in [6.45, 7) is 0. The predicted molar refractivity (Wildman–Crippen MR) is 152 cm³/mol. The van der Waals surface area contributed by atoms with E-state index in [1.807, 2.05) is 30.3 Å². The average molecular weight is 542 g/mol. The molecule has 11 nitrogen and oxygen atoms in total. The summed E-state index contributed by atoms with van der Waals surface area (Å²) >= 11 is 0. The summed E-state index contributed by atoms with van der Waals surface area (Å²) in [7, 11) is 6.11. The third kappa shape index (κ3) is 4.99. The number of hydrogen-bond donors (Lipinski definition) is 3. The van der Waals surface area contributed by atoms with Gasteiger partial charge in [0.05, 0.1) is 45.5 Å². The molecule has 0 aliphatic carbocycles. The largest absolute Gasteiger partial charge is 0.497 e. The first-order valence-electron chi connectivity index (χ1n) is 12.2. The summed E-state index contributed by atoms with van der Waals surface area (Å²) in [5.41, 5.74) is 1.93. The van der Waals surface area contributed by atoms with Gasteiger partial charge in [0.2, 0.25) is 0 Å². The summed E-state index contributed by atoms with van der Waals surface area (Å²) in [6, 6.07) is 20.9. The number of anilines is 3. The van der Waals surface area contributed by atoms with Crippen LogP contribution >= 0.6 is 0 Å². The van der Waals surface area contributed by atoms with E-state index in [-0.39, 0.29) is 17.0 Å². The summed E-state index contributed by atoms with van der Waals surface area (Å²) in [5.74, 6) is 1.71. The van der Waals surface area contributed by atoms with Gasteiger partial charge in [-0.2, -0.15) is 4.52 Å². The molecule has 0 spiro atoms. The van der Waals surface area contributed by atoms with Crippen LogP contribution < -0.4 is 35.1 Å². The van der Waals surface area contributed by atoms with Gasteiger partial charge in [-0.05, 0) is 24.3 Å². The zero-order chi connectivity index (χ0) is 28.2. The van der Waals surface area contributed by atoms with Gasteiger partial charge in [0, 0.05) is 23.8 Å². The minimum atomic E-state index is -0.533. The number of aromatic amines is 1. The number of hydrogen-bond acceptors (Lipinski definition) is 8. The Morgan fingerprint density at radius 3 is 2.05 bits per heavy atom. The molecule has 2 heterocycles. The number of nitrogens with zero attached hydrogens (tertiary/aromatic N) is 2. The van der Waals surface area contributed by atoms with Gasteiger partial charge in [0.25, 0.3) is 11.5 Å². The van der Waals surface area contributed by atoms with Crippen LogP contribution in [0.5, 0.6) is 23.0 Å². The van der Waals surface area contributed by atoms with Crippen molar-refractivity contribution in [1.29, 1.82) is 0 Å². The monoisotopic (exact) mass is 541 g/mol. The fourth-order valence-corrected chi connectivity index (χ4v) is 4.22. The molecule has 0 atom stereocenters. The zero-order valence-electron chi connectivity index (χ0n) is 22.3. The van der Waals surface area contributed by atoms with Gasteiger partial charge in [-0.25, -0.2) is 4.98 Å². The molecular formula is C29H27N5O6. The minimum Gasteiger partial charge on any atom is -0.497 e. The van der Waals surface area contributed by atoms with E-state index in [9.17, 15) is 9.59 Å². The van der Waals surface area contributed by atoms with Crippen LogP contribution in [0.4, 0.5) is 17.2 Å². The summed E-state index contributed by atoms with van der Waals surface area (Å²) in [6.07, 6.45) is 0. The Morgan fingerprint density at radius 1 is 0.800 bits per heavy atom. The second-order valence-electron chi connectivity index (χ2n) is 8.58. The molecular weight excluding hydrogens is 514 g/mol. The van der Waals surface area contributed by atoms with E-state index >= 15 is 0 Å². The van der Waals surface area contributed by atoms with Crippen molar-refractivity contribution in [3.63, 3.8) is 0 Å². The molecule has 40 heavy (non-hydrogen) atoms. The third-order valence-electron chi connectivity index (χ3n) is 6.24. The normalized spacial score (nSPS) is 10.7. The highest BCUT2D eigenvalue weighted by Gasteiger charge is 2.24. The van der Waals surface area contributed by atoms with E-state index in [1.165, 1.54) is 31.9 Å². The average Bonchev–Trinajstić information content (AvgIpc) is 3.36. The molecule has 11 heteroatoms. The number of nitrogens with one attached hydrogen (secondary N) is 3. The molecule has 0 bridgehead atoms. The second kappa shape index (κ2) is 11.1. The molecule has 0 saturated carbocycles. The van der Waals surface area contributed by atoms with Crippen LogP contribution in [0.25, 0.3) is 16.9 Å². The number of fused-ring (bicyclic) bond motifs is 1. The highest BCUT2D eigenvalue weighted by molar-refractivity contribution is 6.13. The third-order valence-corrected chi connectivity index (χ3v) is 6.24. The first-order valence-corrected chi connectivity index (χ1v) is 12.2. The van der Waals surface area contributed by atoms with Crippen molar-refractivity contribution < 1.29 is 23.7 Å². The number of amides is 1. The number of carbonyl (C=O) groups is 1. The van der Waals surface area contributed by atoms with Crippen molar-refractivity contribution in [2.24, 2.45) is 0 Å². The van der Waals surface area contributed by atoms with Crippen molar-refractivity contribution in [1.82, 2.24) is 14.6 Å². The first kappa shape index (κ1) is 26.2. The maximum absolute atomic E-state index is 13.9. The van der Waals surface area contributed by atoms with Gasteiger partial charge in [-0.3, -0.25) is 14.7 Å². The predicted octanol–water partition coefficient (Wildman–Crippen LogP) is 4.72. The number of aromatic nitrogens is 3. The van der Waals surface area contributed by atoms with Crippen molar-refractivity contribution in [3.8, 4) is 34.3 Å². The lowest BCUT2D eigenvalue weighted by atomic mass is 10.1. The lowest BCUT2D eigenvalue weighted by Crippen LogP contribution is -2.17. The Labute approximate surface area is 229 Å². The van der Waals surface area contributed by atoms with Crippen molar-refractivity contribution in [3.05, 3.63) is 88.7 Å². The Bertz CT molecular complexity index is 1750. The Hall–Kier alpha value is -5.45. The molecule has 0 saturated heterocycles. The molecule has 0 aliphatic rings. The molecule has 3 N–H and O–H groups in total. The summed E-state index contributed by atoms with van der Waals surface area (Å²) < 4.78 is 22.7. The van der Waals surface area contributed by atoms with Crippen molar-refractivity contribution in [2.45, 2.75) is 0 Å². The standard InChI is InChI=1S/C29H27N5O6/c1-37-18-10-12-20(23(14-18)39-3)30-27-26(29(36)32-21-13-11-19(38-2)15-24(21)40-4)28-31-22(16-25(35)34(28)33-27)17-8-6-5-7-9-17/h5-16,30,33H,1-4H3,(H,32,36). The molecule has 1 amide bonds. The van der Waals surface area contributed by atoms with Crippen LogP contribution in [0.15, 0.2) is 77.6 Å². The Morgan fingerprint density at radius 2 is 1.43 bits per heavy atom. The summed E-state index contributed by atoms with van der Waals surface area (Å²) in [4.78, 5) is 31.8. The highest BCUT2D eigenvalue weighted by atomic mass is 16.5. The van der Waals surface area contributed by atoms with Gasteiger partial charge >= 0.3 is 0 Å². The van der Waals surface area contributed by atoms with Crippen LogP contribution in [-0.4, -0.2) is 48.9 Å². The van der Waals surface area contributed by atoms with Gasteiger partial charge in [-0.15, -0.1) is 0 Å². The minimum absolute atomic E-state index is 0.102. The van der Waals surface area contributed by atoms with E-state index < -0.39 is 11.5 Å². The van der Waals surface area contributed by atoms with E-state index in [2.05, 4.69) is 15.7 Å². The topological polar surface area (TPSA) is 128 Å². The Balaban J connectivity index is 1.66. The SMILES string of the molecule is COc1ccc(NC(=O)c2c(Nc3ccc(OC)cc3OC)[nH]n3c(=O)cc(-c4ccccc4)nc23)c(OC)c1. The van der Waals surface area contributed by atoms with Crippen LogP contribution in [0.1, 0.15) is 10.4 Å². The molecule has 5 rings (SSSR count). The fraction of sp³-hybridized carbons (Fsp3) is 0.138. The van der Waals surface area contributed by atoms with E-state index in [0.717, 1.165) is 5.56 Å². The molecule has 0 aliphatic heterocycles. The number of rotatable bonds is 9. The number of ether oxygens (including phenoxy) is 4. The fourth-order valence-electron chi connectivity index (χ4n) is 4.22. The van der Waals surface area contributed by atoms with Gasteiger partial charge in [-0.1, -0.05) is 30.3 Å². The van der Waals surface area contributed by atoms with Crippen molar-refractivity contribution in [2.75, 3.05) is 39.1 Å². The van der Waals surface area contributed by atoms with Gasteiger partial charge < -0.3 is 29.6 Å². The number of methoxy groups -OCH3 is 4. The smallest absolute Gasteiger partial charge is 0.273 e. The second-order valence-corrected chi connectivity index (χ2v) is 8.58. The lowest BCUT2D eigenvalue weighted by Gasteiger charge is -2.14. The molecule has 3 aromatic carbocycles. The van der Waals surface area contributed by atoms with Gasteiger partial charge in [0.15, 0.2) is 5.65 Å². The molecule has 0 radical (unpaired) electrons. The van der Waals surface area contributed by atoms with Gasteiger partial charge in [0.1, 0.15) is 34.4 Å². The molecule has 0 fully saturated rings. The van der Waals surface area contributed by atoms with E-state index in [1.54, 1.807) is 43.5 Å².